The van der Waals surface area contributed by atoms with Crippen LogP contribution in [0.1, 0.15) is 35.3 Å². The predicted octanol–water partition coefficient (Wildman–Crippen LogP) is 2.73. The van der Waals surface area contributed by atoms with Crippen molar-refractivity contribution >= 4 is 15.9 Å². The second kappa shape index (κ2) is 8.38. The third kappa shape index (κ3) is 4.35. The van der Waals surface area contributed by atoms with Gasteiger partial charge in [-0.15, -0.1) is 0 Å². The number of sulfonamides is 1. The molecule has 1 amide bonds. The Bertz CT molecular complexity index is 1020. The quantitative estimate of drug-likeness (QED) is 0.774. The Morgan fingerprint density at radius 2 is 1.83 bits per heavy atom. The van der Waals surface area contributed by atoms with E-state index in [9.17, 15) is 17.6 Å². The molecule has 3 rings (SSSR count). The fraction of sp³-hybridized carbons (Fsp3) is 0.350. The first-order valence-electron chi connectivity index (χ1n) is 9.16. The highest BCUT2D eigenvalue weighted by atomic mass is 32.2. The summed E-state index contributed by atoms with van der Waals surface area (Å²) in [7, 11) is -1.41. The lowest BCUT2D eigenvalue weighted by Crippen LogP contribution is -2.29. The molecule has 1 N–H and O–H groups in total. The number of carbonyl (C=O) groups excluding carboxylic acids is 1. The maximum absolute atomic E-state index is 14.1. The van der Waals surface area contributed by atoms with E-state index in [-0.39, 0.29) is 11.6 Å². The molecule has 1 aliphatic heterocycles. The van der Waals surface area contributed by atoms with Crippen LogP contribution in [0.2, 0.25) is 0 Å². The normalized spacial score (nSPS) is 14.5. The first-order chi connectivity index (χ1) is 13.7. The Morgan fingerprint density at radius 1 is 1.14 bits per heavy atom. The molecule has 0 spiro atoms. The van der Waals surface area contributed by atoms with Gasteiger partial charge in [-0.25, -0.2) is 17.1 Å². The highest BCUT2D eigenvalue weighted by Crippen LogP contribution is 2.33. The van der Waals surface area contributed by atoms with Crippen molar-refractivity contribution in [3.8, 4) is 11.5 Å². The van der Waals surface area contributed by atoms with Crippen LogP contribution in [0.5, 0.6) is 11.5 Å². The minimum Gasteiger partial charge on any atom is -0.486 e. The summed E-state index contributed by atoms with van der Waals surface area (Å²) in [4.78, 5) is 12.2. The smallest absolute Gasteiger partial charge is 0.251 e. The van der Waals surface area contributed by atoms with Crippen LogP contribution in [0.3, 0.4) is 0 Å². The van der Waals surface area contributed by atoms with E-state index in [1.54, 1.807) is 6.07 Å². The lowest BCUT2D eigenvalue weighted by atomic mass is 10.0. The minimum atomic E-state index is -4.01. The van der Waals surface area contributed by atoms with Crippen LogP contribution in [-0.4, -0.2) is 45.9 Å². The summed E-state index contributed by atoms with van der Waals surface area (Å²) < 4.78 is 50.7. The number of nitrogens with zero attached hydrogens (tertiary/aromatic N) is 1. The lowest BCUT2D eigenvalue weighted by molar-refractivity contribution is 0.0935. The van der Waals surface area contributed by atoms with Crippen LogP contribution in [0.15, 0.2) is 41.3 Å². The van der Waals surface area contributed by atoms with E-state index in [1.165, 1.54) is 20.2 Å². The van der Waals surface area contributed by atoms with Crippen molar-refractivity contribution in [2.24, 2.45) is 0 Å². The van der Waals surface area contributed by atoms with Crippen molar-refractivity contribution in [3.05, 3.63) is 53.3 Å². The van der Waals surface area contributed by atoms with Gasteiger partial charge in [-0.2, -0.15) is 0 Å². The molecule has 0 saturated heterocycles. The van der Waals surface area contributed by atoms with Crippen molar-refractivity contribution in [3.63, 3.8) is 0 Å². The van der Waals surface area contributed by atoms with Gasteiger partial charge in [0.15, 0.2) is 11.5 Å². The first kappa shape index (κ1) is 21.1. The minimum absolute atomic E-state index is 0.0582. The molecule has 0 aromatic heterocycles. The molecule has 7 nitrogen and oxygen atoms in total. The van der Waals surface area contributed by atoms with Gasteiger partial charge in [0, 0.05) is 19.7 Å². The molecule has 0 saturated carbocycles. The van der Waals surface area contributed by atoms with Gasteiger partial charge in [0.25, 0.3) is 5.91 Å². The Labute approximate surface area is 169 Å². The summed E-state index contributed by atoms with van der Waals surface area (Å²) >= 11 is 0. The number of carbonyl (C=O) groups is 1. The van der Waals surface area contributed by atoms with E-state index in [0.29, 0.717) is 31.1 Å². The fourth-order valence-corrected chi connectivity index (χ4v) is 3.96. The molecule has 0 radical (unpaired) electrons. The summed E-state index contributed by atoms with van der Waals surface area (Å²) in [5.41, 5.74) is 0.885. The molecule has 1 heterocycles. The first-order valence-corrected chi connectivity index (χ1v) is 10.6. The molecule has 1 aliphatic rings. The average molecular weight is 422 g/mol. The van der Waals surface area contributed by atoms with Gasteiger partial charge in [0.05, 0.1) is 6.04 Å². The Hall–Kier alpha value is -2.65. The average Bonchev–Trinajstić information content (AvgIpc) is 2.71. The van der Waals surface area contributed by atoms with Gasteiger partial charge in [-0.1, -0.05) is 13.0 Å². The van der Waals surface area contributed by atoms with Crippen molar-refractivity contribution in [2.45, 2.75) is 24.3 Å². The van der Waals surface area contributed by atoms with Crippen LogP contribution in [0.25, 0.3) is 0 Å². The van der Waals surface area contributed by atoms with Crippen molar-refractivity contribution in [1.82, 2.24) is 9.62 Å². The third-order valence-corrected chi connectivity index (χ3v) is 6.46. The number of amides is 1. The highest BCUT2D eigenvalue weighted by Gasteiger charge is 2.24. The van der Waals surface area contributed by atoms with Crippen LogP contribution in [0.4, 0.5) is 4.39 Å². The fourth-order valence-electron chi connectivity index (χ4n) is 2.98. The van der Waals surface area contributed by atoms with Crippen LogP contribution < -0.4 is 14.8 Å². The van der Waals surface area contributed by atoms with E-state index in [1.807, 2.05) is 19.1 Å². The summed E-state index contributed by atoms with van der Waals surface area (Å²) in [5.74, 6) is -0.142. The summed E-state index contributed by atoms with van der Waals surface area (Å²) in [5, 5.41) is 2.87. The molecule has 1 unspecified atom stereocenters. The molecule has 0 fully saturated rings. The van der Waals surface area contributed by atoms with Gasteiger partial charge in [-0.05, 0) is 42.3 Å². The van der Waals surface area contributed by atoms with Crippen molar-refractivity contribution < 1.29 is 27.1 Å². The number of halogens is 1. The number of fused-ring (bicyclic) bond motifs is 1. The number of rotatable bonds is 6. The van der Waals surface area contributed by atoms with Gasteiger partial charge < -0.3 is 14.8 Å². The number of hydrogen-bond donors (Lipinski definition) is 1. The van der Waals surface area contributed by atoms with E-state index < -0.39 is 26.6 Å². The predicted molar refractivity (Wildman–Crippen MR) is 105 cm³/mol. The standard InChI is InChI=1S/C20H23FN2O5S/c1-4-16(13-6-8-17-18(11-13)28-10-9-27-17)22-20(24)14-5-7-15(21)19(12-14)29(25,26)23(2)3/h5-8,11-12,16H,4,9-10H2,1-3H3,(H,22,24). The third-order valence-electron chi connectivity index (χ3n) is 4.63. The zero-order valence-corrected chi connectivity index (χ0v) is 17.3. The number of hydrogen-bond acceptors (Lipinski definition) is 5. The van der Waals surface area contributed by atoms with Crippen molar-refractivity contribution in [2.75, 3.05) is 27.3 Å². The number of nitrogens with one attached hydrogen (secondary N) is 1. The van der Waals surface area contributed by atoms with Crippen LogP contribution in [-0.2, 0) is 10.0 Å². The Kier molecular flexibility index (Phi) is 6.09. The highest BCUT2D eigenvalue weighted by molar-refractivity contribution is 7.89. The summed E-state index contributed by atoms with van der Waals surface area (Å²) in [6.07, 6.45) is 0.593. The molecule has 2 aromatic rings. The van der Waals surface area contributed by atoms with Crippen molar-refractivity contribution in [1.29, 1.82) is 0 Å². The zero-order valence-electron chi connectivity index (χ0n) is 16.4. The zero-order chi connectivity index (χ0) is 21.2. The topological polar surface area (TPSA) is 84.9 Å². The molecule has 2 aromatic carbocycles. The molecular formula is C20H23FN2O5S. The molecule has 0 aliphatic carbocycles. The molecule has 9 heteroatoms. The lowest BCUT2D eigenvalue weighted by Gasteiger charge is -2.22. The van der Waals surface area contributed by atoms with Crippen LogP contribution in [0, 0.1) is 5.82 Å². The van der Waals surface area contributed by atoms with Gasteiger partial charge in [-0.3, -0.25) is 4.79 Å². The molecule has 1 atom stereocenters. The monoisotopic (exact) mass is 422 g/mol. The van der Waals surface area contributed by atoms with E-state index in [2.05, 4.69) is 5.32 Å². The second-order valence-electron chi connectivity index (χ2n) is 6.77. The summed E-state index contributed by atoms with van der Waals surface area (Å²) in [6.45, 7) is 2.86. The Morgan fingerprint density at radius 3 is 2.48 bits per heavy atom. The number of ether oxygens (including phenoxy) is 2. The molecule has 156 valence electrons. The largest absolute Gasteiger partial charge is 0.486 e. The maximum Gasteiger partial charge on any atom is 0.251 e. The molecule has 0 bridgehead atoms. The maximum atomic E-state index is 14.1. The van der Waals surface area contributed by atoms with Gasteiger partial charge in [0.2, 0.25) is 10.0 Å². The van der Waals surface area contributed by atoms with Gasteiger partial charge in [0.1, 0.15) is 23.9 Å². The van der Waals surface area contributed by atoms with Crippen LogP contribution >= 0.6 is 0 Å². The Balaban J connectivity index is 1.85. The summed E-state index contributed by atoms with van der Waals surface area (Å²) in [6, 6.07) is 8.41. The molecule has 29 heavy (non-hydrogen) atoms. The van der Waals surface area contributed by atoms with E-state index in [0.717, 1.165) is 22.0 Å². The number of benzene rings is 2. The van der Waals surface area contributed by atoms with Gasteiger partial charge >= 0.3 is 0 Å². The molecular weight excluding hydrogens is 399 g/mol. The second-order valence-corrected chi connectivity index (χ2v) is 8.89. The van der Waals surface area contributed by atoms with E-state index in [4.69, 9.17) is 9.47 Å². The van der Waals surface area contributed by atoms with E-state index >= 15 is 0 Å². The SMILES string of the molecule is CCC(NC(=O)c1ccc(F)c(S(=O)(=O)N(C)C)c1)c1ccc2c(c1)OCCO2.